The minimum atomic E-state index is -0.858. The Bertz CT molecular complexity index is 433. The molecular formula is C14H22O7. The van der Waals surface area contributed by atoms with Crippen molar-refractivity contribution in [2.24, 2.45) is 0 Å². The van der Waals surface area contributed by atoms with Crippen molar-refractivity contribution in [3.05, 3.63) is 0 Å². The van der Waals surface area contributed by atoms with Crippen LogP contribution < -0.4 is 0 Å². The molecule has 0 aromatic heterocycles. The number of hydrogen-bond donors (Lipinski definition) is 0. The molecule has 7 nitrogen and oxygen atoms in total. The standard InChI is InChI=1S/C14H22O7/c1-6-7(15)16-11-9-8(18-13(2,3)19-9)10-12(17-11)21-14(4,5)20-10/h8-12H,6H2,1-5H3. The van der Waals surface area contributed by atoms with Gasteiger partial charge in [-0.3, -0.25) is 4.79 Å². The zero-order valence-electron chi connectivity index (χ0n) is 13.0. The number of carbonyl (C=O) groups excluding carboxylic acids is 1. The van der Waals surface area contributed by atoms with E-state index in [2.05, 4.69) is 0 Å². The van der Waals surface area contributed by atoms with E-state index in [4.69, 9.17) is 28.4 Å². The summed E-state index contributed by atoms with van der Waals surface area (Å²) >= 11 is 0. The van der Waals surface area contributed by atoms with E-state index in [0.29, 0.717) is 0 Å². The lowest BCUT2D eigenvalue weighted by Crippen LogP contribution is -2.56. The molecule has 0 radical (unpaired) electrons. The Morgan fingerprint density at radius 2 is 1.52 bits per heavy atom. The van der Waals surface area contributed by atoms with Gasteiger partial charge < -0.3 is 28.4 Å². The fourth-order valence-corrected chi connectivity index (χ4v) is 2.88. The lowest BCUT2D eigenvalue weighted by Gasteiger charge is -2.36. The van der Waals surface area contributed by atoms with Crippen molar-refractivity contribution in [1.29, 1.82) is 0 Å². The first-order chi connectivity index (χ1) is 9.71. The molecule has 0 N–H and O–H groups in total. The maximum absolute atomic E-state index is 11.6. The first kappa shape index (κ1) is 15.2. The number of carbonyl (C=O) groups is 1. The van der Waals surface area contributed by atoms with Crippen LogP contribution in [0.2, 0.25) is 0 Å². The minimum Gasteiger partial charge on any atom is -0.433 e. The molecule has 0 aliphatic carbocycles. The molecule has 3 heterocycles. The fraction of sp³-hybridized carbons (Fsp3) is 0.929. The smallest absolute Gasteiger partial charge is 0.307 e. The highest BCUT2D eigenvalue weighted by atomic mass is 16.9. The average Bonchev–Trinajstić information content (AvgIpc) is 2.84. The van der Waals surface area contributed by atoms with Gasteiger partial charge in [0.15, 0.2) is 24.0 Å². The van der Waals surface area contributed by atoms with Gasteiger partial charge in [-0.15, -0.1) is 0 Å². The molecule has 0 bridgehead atoms. The van der Waals surface area contributed by atoms with Crippen molar-refractivity contribution in [3.8, 4) is 0 Å². The maximum atomic E-state index is 11.6. The summed E-state index contributed by atoms with van der Waals surface area (Å²) in [5.41, 5.74) is 0. The van der Waals surface area contributed by atoms with Crippen LogP contribution in [0.25, 0.3) is 0 Å². The normalized spacial score (nSPS) is 43.2. The second-order valence-electron chi connectivity index (χ2n) is 6.38. The molecule has 3 fully saturated rings. The zero-order valence-corrected chi connectivity index (χ0v) is 13.0. The summed E-state index contributed by atoms with van der Waals surface area (Å²) in [7, 11) is 0. The first-order valence-corrected chi connectivity index (χ1v) is 7.27. The molecule has 5 unspecified atom stereocenters. The van der Waals surface area contributed by atoms with Gasteiger partial charge >= 0.3 is 5.97 Å². The Hall–Kier alpha value is -0.730. The summed E-state index contributed by atoms with van der Waals surface area (Å²) in [6.07, 6.45) is -2.59. The summed E-state index contributed by atoms with van der Waals surface area (Å²) in [5.74, 6) is -1.93. The zero-order chi connectivity index (χ0) is 15.4. The SMILES string of the molecule is CCC(=O)OC1OC2OC(C)(C)OC2C2OC(C)(C)OC12. The van der Waals surface area contributed by atoms with Gasteiger partial charge in [-0.2, -0.15) is 0 Å². The van der Waals surface area contributed by atoms with Crippen LogP contribution in [0.15, 0.2) is 0 Å². The van der Waals surface area contributed by atoms with Gasteiger partial charge in [-0.1, -0.05) is 6.92 Å². The molecule has 3 aliphatic rings. The maximum Gasteiger partial charge on any atom is 0.307 e. The van der Waals surface area contributed by atoms with Gasteiger partial charge in [0, 0.05) is 6.42 Å². The molecule has 0 saturated carbocycles. The van der Waals surface area contributed by atoms with E-state index < -0.39 is 42.5 Å². The number of fused-ring (bicyclic) bond motifs is 3. The van der Waals surface area contributed by atoms with Crippen molar-refractivity contribution < 1.29 is 33.2 Å². The van der Waals surface area contributed by atoms with Gasteiger partial charge in [0.2, 0.25) is 6.29 Å². The van der Waals surface area contributed by atoms with Crippen LogP contribution in [0.5, 0.6) is 0 Å². The molecule has 0 spiro atoms. The first-order valence-electron chi connectivity index (χ1n) is 7.27. The topological polar surface area (TPSA) is 72.5 Å². The lowest BCUT2D eigenvalue weighted by molar-refractivity contribution is -0.295. The van der Waals surface area contributed by atoms with Crippen LogP contribution in [0.4, 0.5) is 0 Å². The molecule has 5 atom stereocenters. The van der Waals surface area contributed by atoms with E-state index in [1.807, 2.05) is 0 Å². The van der Waals surface area contributed by atoms with E-state index in [1.54, 1.807) is 34.6 Å². The third kappa shape index (κ3) is 2.80. The van der Waals surface area contributed by atoms with Gasteiger partial charge in [-0.25, -0.2) is 0 Å². The predicted octanol–water partition coefficient (Wildman–Crippen LogP) is 1.29. The van der Waals surface area contributed by atoms with Gasteiger partial charge in [0.05, 0.1) is 0 Å². The Morgan fingerprint density at radius 3 is 2.19 bits per heavy atom. The molecule has 7 heteroatoms. The van der Waals surface area contributed by atoms with Crippen molar-refractivity contribution in [2.45, 2.75) is 83.5 Å². The minimum absolute atomic E-state index is 0.262. The van der Waals surface area contributed by atoms with Gasteiger partial charge in [-0.05, 0) is 27.7 Å². The van der Waals surface area contributed by atoms with Crippen LogP contribution in [0.3, 0.4) is 0 Å². The number of ether oxygens (including phenoxy) is 6. The quantitative estimate of drug-likeness (QED) is 0.712. The van der Waals surface area contributed by atoms with Crippen molar-refractivity contribution in [2.75, 3.05) is 0 Å². The van der Waals surface area contributed by atoms with Crippen LogP contribution >= 0.6 is 0 Å². The Labute approximate surface area is 123 Å². The largest absolute Gasteiger partial charge is 0.433 e. The van der Waals surface area contributed by atoms with Crippen molar-refractivity contribution in [3.63, 3.8) is 0 Å². The average molecular weight is 302 g/mol. The molecule has 120 valence electrons. The highest BCUT2D eigenvalue weighted by Gasteiger charge is 2.61. The van der Waals surface area contributed by atoms with E-state index in [1.165, 1.54) is 0 Å². The molecule has 3 saturated heterocycles. The summed E-state index contributed by atoms with van der Waals surface area (Å²) < 4.78 is 34.3. The highest BCUT2D eigenvalue weighted by Crippen LogP contribution is 2.44. The summed E-state index contributed by atoms with van der Waals surface area (Å²) in [4.78, 5) is 11.6. The number of esters is 1. The molecule has 21 heavy (non-hydrogen) atoms. The van der Waals surface area contributed by atoms with Crippen LogP contribution in [0.1, 0.15) is 41.0 Å². The van der Waals surface area contributed by atoms with Crippen molar-refractivity contribution >= 4 is 5.97 Å². The van der Waals surface area contributed by atoms with Gasteiger partial charge in [0.25, 0.3) is 0 Å². The Kier molecular flexibility index (Phi) is 3.53. The van der Waals surface area contributed by atoms with Crippen molar-refractivity contribution in [1.82, 2.24) is 0 Å². The number of rotatable bonds is 2. The van der Waals surface area contributed by atoms with Crippen LogP contribution in [0, 0.1) is 0 Å². The van der Waals surface area contributed by atoms with Crippen LogP contribution in [-0.2, 0) is 33.2 Å². The van der Waals surface area contributed by atoms with Crippen LogP contribution in [-0.4, -0.2) is 48.4 Å². The highest BCUT2D eigenvalue weighted by molar-refractivity contribution is 5.69. The molecule has 3 aliphatic heterocycles. The van der Waals surface area contributed by atoms with Gasteiger partial charge in [0.1, 0.15) is 12.2 Å². The fourth-order valence-electron chi connectivity index (χ4n) is 2.88. The van der Waals surface area contributed by atoms with E-state index >= 15 is 0 Å². The Morgan fingerprint density at radius 1 is 0.952 bits per heavy atom. The summed E-state index contributed by atoms with van der Waals surface area (Å²) in [6, 6.07) is 0. The molecule has 0 aromatic carbocycles. The molecule has 0 amide bonds. The summed E-state index contributed by atoms with van der Waals surface area (Å²) in [6.45, 7) is 8.94. The van der Waals surface area contributed by atoms with E-state index in [9.17, 15) is 4.79 Å². The summed E-state index contributed by atoms with van der Waals surface area (Å²) in [5, 5.41) is 0. The monoisotopic (exact) mass is 302 g/mol. The Balaban J connectivity index is 1.83. The number of hydrogen-bond acceptors (Lipinski definition) is 7. The molecule has 3 rings (SSSR count). The van der Waals surface area contributed by atoms with E-state index in [-0.39, 0.29) is 12.4 Å². The second-order valence-corrected chi connectivity index (χ2v) is 6.38. The second kappa shape index (κ2) is 4.89. The van der Waals surface area contributed by atoms with E-state index in [0.717, 1.165) is 0 Å². The third-order valence-electron chi connectivity index (χ3n) is 3.65. The molecule has 0 aromatic rings. The predicted molar refractivity (Wildman–Crippen MR) is 68.9 cm³/mol. The molecular weight excluding hydrogens is 280 g/mol. The lowest BCUT2D eigenvalue weighted by atomic mass is 10.0. The third-order valence-corrected chi connectivity index (χ3v) is 3.65.